The second-order valence-corrected chi connectivity index (χ2v) is 5.79. The van der Waals surface area contributed by atoms with Gasteiger partial charge in [0.25, 0.3) is 0 Å². The molecule has 0 radical (unpaired) electrons. The predicted molar refractivity (Wildman–Crippen MR) is 97.6 cm³/mol. The van der Waals surface area contributed by atoms with E-state index in [-0.39, 0.29) is 0 Å². The van der Waals surface area contributed by atoms with Crippen LogP contribution in [0.2, 0.25) is 0 Å². The van der Waals surface area contributed by atoms with Crippen LogP contribution in [-0.4, -0.2) is 22.3 Å². The minimum absolute atomic E-state index is 0.423. The van der Waals surface area contributed by atoms with Gasteiger partial charge in [0.2, 0.25) is 5.95 Å². The molecule has 0 amide bonds. The zero-order valence-electron chi connectivity index (χ0n) is 13.0. The Hall–Kier alpha value is -2.67. The fraction of sp³-hybridized carbons (Fsp3) is 0.118. The quantitative estimate of drug-likeness (QED) is 0.667. The smallest absolute Gasteiger partial charge is 0.249 e. The van der Waals surface area contributed by atoms with E-state index in [1.807, 2.05) is 48.5 Å². The molecule has 0 aliphatic carbocycles. The SMILES string of the molecule is COc1ccccc1CNc1cnnc(Nc2ccccc2Br)n1. The van der Waals surface area contributed by atoms with Crippen LogP contribution < -0.4 is 15.4 Å². The minimum Gasteiger partial charge on any atom is -0.496 e. The lowest BCUT2D eigenvalue weighted by Gasteiger charge is -2.10. The molecule has 2 N–H and O–H groups in total. The van der Waals surface area contributed by atoms with E-state index in [0.29, 0.717) is 18.3 Å². The van der Waals surface area contributed by atoms with Crippen LogP contribution >= 0.6 is 15.9 Å². The number of halogens is 1. The molecule has 2 aromatic carbocycles. The first-order chi connectivity index (χ1) is 11.8. The molecule has 0 aliphatic rings. The fourth-order valence-corrected chi connectivity index (χ4v) is 2.54. The van der Waals surface area contributed by atoms with E-state index >= 15 is 0 Å². The van der Waals surface area contributed by atoms with Crippen LogP contribution in [0.25, 0.3) is 0 Å². The average molecular weight is 386 g/mol. The number of rotatable bonds is 6. The summed E-state index contributed by atoms with van der Waals surface area (Å²) >= 11 is 3.48. The highest BCUT2D eigenvalue weighted by Gasteiger charge is 2.05. The Morgan fingerprint density at radius 2 is 1.88 bits per heavy atom. The Balaban J connectivity index is 1.70. The number of nitrogens with one attached hydrogen (secondary N) is 2. The zero-order valence-corrected chi connectivity index (χ0v) is 14.6. The summed E-state index contributed by atoms with van der Waals surface area (Å²) in [6.45, 7) is 0.581. The Labute approximate surface area is 148 Å². The maximum absolute atomic E-state index is 5.34. The van der Waals surface area contributed by atoms with Gasteiger partial charge in [-0.15, -0.1) is 5.10 Å². The van der Waals surface area contributed by atoms with Crippen LogP contribution in [0.15, 0.2) is 59.2 Å². The Morgan fingerprint density at radius 1 is 1.08 bits per heavy atom. The number of aromatic nitrogens is 3. The van der Waals surface area contributed by atoms with Crippen molar-refractivity contribution in [1.29, 1.82) is 0 Å². The van der Waals surface area contributed by atoms with Crippen LogP contribution in [0.4, 0.5) is 17.5 Å². The highest BCUT2D eigenvalue weighted by atomic mass is 79.9. The van der Waals surface area contributed by atoms with Gasteiger partial charge in [-0.3, -0.25) is 0 Å². The van der Waals surface area contributed by atoms with Gasteiger partial charge in [-0.1, -0.05) is 30.3 Å². The normalized spacial score (nSPS) is 10.2. The molecule has 0 saturated carbocycles. The van der Waals surface area contributed by atoms with Crippen molar-refractivity contribution >= 4 is 33.4 Å². The van der Waals surface area contributed by atoms with Crippen molar-refractivity contribution in [1.82, 2.24) is 15.2 Å². The monoisotopic (exact) mass is 385 g/mol. The molecular formula is C17H16BrN5O. The predicted octanol–water partition coefficient (Wildman–Crippen LogP) is 4.00. The van der Waals surface area contributed by atoms with Gasteiger partial charge in [-0.05, 0) is 34.1 Å². The van der Waals surface area contributed by atoms with E-state index in [0.717, 1.165) is 21.5 Å². The molecular weight excluding hydrogens is 370 g/mol. The second-order valence-electron chi connectivity index (χ2n) is 4.94. The van der Waals surface area contributed by atoms with Gasteiger partial charge in [-0.25, -0.2) is 0 Å². The van der Waals surface area contributed by atoms with Crippen molar-refractivity contribution in [3.63, 3.8) is 0 Å². The van der Waals surface area contributed by atoms with Crippen molar-refractivity contribution in [2.24, 2.45) is 0 Å². The van der Waals surface area contributed by atoms with E-state index in [1.54, 1.807) is 13.3 Å². The van der Waals surface area contributed by atoms with Gasteiger partial charge in [0, 0.05) is 16.6 Å². The minimum atomic E-state index is 0.423. The highest BCUT2D eigenvalue weighted by Crippen LogP contribution is 2.24. The van der Waals surface area contributed by atoms with Crippen LogP contribution in [0.5, 0.6) is 5.75 Å². The molecule has 3 aromatic rings. The standard InChI is InChI=1S/C17H16BrN5O/c1-24-15-9-5-2-6-12(15)10-19-16-11-20-23-17(22-16)21-14-8-4-3-7-13(14)18/h2-9,11H,10H2,1H3,(H2,19,21,22,23). The summed E-state index contributed by atoms with van der Waals surface area (Å²) in [6, 6.07) is 15.6. The third-order valence-corrected chi connectivity index (χ3v) is 4.02. The van der Waals surface area contributed by atoms with E-state index in [4.69, 9.17) is 4.74 Å². The average Bonchev–Trinajstić information content (AvgIpc) is 2.62. The van der Waals surface area contributed by atoms with Crippen molar-refractivity contribution in [2.75, 3.05) is 17.7 Å². The van der Waals surface area contributed by atoms with Gasteiger partial charge >= 0.3 is 0 Å². The number of nitrogens with zero attached hydrogens (tertiary/aromatic N) is 3. The molecule has 0 unspecified atom stereocenters. The third kappa shape index (κ3) is 3.99. The number of benzene rings is 2. The van der Waals surface area contributed by atoms with Gasteiger partial charge < -0.3 is 15.4 Å². The lowest BCUT2D eigenvalue weighted by atomic mass is 10.2. The molecule has 0 spiro atoms. The number of anilines is 3. The molecule has 0 fully saturated rings. The van der Waals surface area contributed by atoms with Crippen LogP contribution in [-0.2, 0) is 6.54 Å². The van der Waals surface area contributed by atoms with Crippen molar-refractivity contribution in [3.8, 4) is 5.75 Å². The topological polar surface area (TPSA) is 72.0 Å². The fourth-order valence-electron chi connectivity index (χ4n) is 2.16. The summed E-state index contributed by atoms with van der Waals surface area (Å²) in [7, 11) is 1.66. The van der Waals surface area contributed by atoms with Crippen molar-refractivity contribution in [3.05, 3.63) is 64.8 Å². The Kier molecular flexibility index (Phi) is 5.22. The van der Waals surface area contributed by atoms with Crippen molar-refractivity contribution in [2.45, 2.75) is 6.54 Å². The summed E-state index contributed by atoms with van der Waals surface area (Å²) < 4.78 is 6.28. The largest absolute Gasteiger partial charge is 0.496 e. The number of hydrogen-bond donors (Lipinski definition) is 2. The number of para-hydroxylation sites is 2. The molecule has 7 heteroatoms. The lowest BCUT2D eigenvalue weighted by molar-refractivity contribution is 0.410. The van der Waals surface area contributed by atoms with Gasteiger partial charge in [0.15, 0.2) is 5.82 Å². The zero-order chi connectivity index (χ0) is 16.8. The van der Waals surface area contributed by atoms with E-state index in [9.17, 15) is 0 Å². The summed E-state index contributed by atoms with van der Waals surface area (Å²) in [4.78, 5) is 4.42. The highest BCUT2D eigenvalue weighted by molar-refractivity contribution is 9.10. The molecule has 0 saturated heterocycles. The number of methoxy groups -OCH3 is 1. The summed E-state index contributed by atoms with van der Waals surface area (Å²) in [5, 5.41) is 14.4. The van der Waals surface area contributed by atoms with Gasteiger partial charge in [0.1, 0.15) is 5.75 Å². The summed E-state index contributed by atoms with van der Waals surface area (Å²) in [5.41, 5.74) is 1.92. The first-order valence-corrected chi connectivity index (χ1v) is 8.12. The maximum Gasteiger partial charge on any atom is 0.249 e. The summed E-state index contributed by atoms with van der Waals surface area (Å²) in [5.74, 6) is 1.89. The molecule has 0 atom stereocenters. The molecule has 0 aliphatic heterocycles. The molecule has 1 heterocycles. The maximum atomic E-state index is 5.34. The van der Waals surface area contributed by atoms with E-state index in [2.05, 4.69) is 41.7 Å². The molecule has 0 bridgehead atoms. The lowest BCUT2D eigenvalue weighted by Crippen LogP contribution is -2.06. The first kappa shape index (κ1) is 16.2. The Morgan fingerprint density at radius 3 is 2.71 bits per heavy atom. The molecule has 24 heavy (non-hydrogen) atoms. The summed E-state index contributed by atoms with van der Waals surface area (Å²) in [6.07, 6.45) is 1.58. The van der Waals surface area contributed by atoms with E-state index < -0.39 is 0 Å². The number of hydrogen-bond acceptors (Lipinski definition) is 6. The first-order valence-electron chi connectivity index (χ1n) is 7.33. The van der Waals surface area contributed by atoms with Crippen LogP contribution in [0, 0.1) is 0 Å². The molecule has 122 valence electrons. The van der Waals surface area contributed by atoms with Gasteiger partial charge in [-0.2, -0.15) is 10.1 Å². The molecule has 1 aromatic heterocycles. The van der Waals surface area contributed by atoms with Crippen molar-refractivity contribution < 1.29 is 4.74 Å². The second kappa shape index (κ2) is 7.74. The molecule has 6 nitrogen and oxygen atoms in total. The third-order valence-electron chi connectivity index (χ3n) is 3.33. The van der Waals surface area contributed by atoms with Crippen LogP contribution in [0.3, 0.4) is 0 Å². The molecule has 3 rings (SSSR count). The Bertz CT molecular complexity index is 827. The van der Waals surface area contributed by atoms with E-state index in [1.165, 1.54) is 0 Å². The van der Waals surface area contributed by atoms with Crippen LogP contribution in [0.1, 0.15) is 5.56 Å². The number of ether oxygens (including phenoxy) is 1. The van der Waals surface area contributed by atoms with Gasteiger partial charge in [0.05, 0.1) is 19.0 Å².